The van der Waals surface area contributed by atoms with Crippen LogP contribution in [0.4, 0.5) is 32.0 Å². The normalized spacial score (nSPS) is 11.8. The van der Waals surface area contributed by atoms with Crippen LogP contribution in [0, 0.1) is 0 Å². The van der Waals surface area contributed by atoms with E-state index in [9.17, 15) is 26.3 Å². The highest BCUT2D eigenvalue weighted by atomic mass is 79.9. The summed E-state index contributed by atoms with van der Waals surface area (Å²) in [7, 11) is 0. The van der Waals surface area contributed by atoms with Crippen molar-refractivity contribution < 1.29 is 31.1 Å². The van der Waals surface area contributed by atoms with E-state index in [2.05, 4.69) is 39.7 Å². The molecule has 4 rings (SSSR count). The van der Waals surface area contributed by atoms with Gasteiger partial charge < -0.3 is 10.5 Å². The predicted octanol–water partition coefficient (Wildman–Crippen LogP) is 10.7. The summed E-state index contributed by atoms with van der Waals surface area (Å²) in [6, 6.07) is 17.7. The van der Waals surface area contributed by atoms with Crippen molar-refractivity contribution in [1.82, 2.24) is 9.97 Å². The van der Waals surface area contributed by atoms with Gasteiger partial charge in [0.1, 0.15) is 0 Å². The number of anilines is 1. The Morgan fingerprint density at radius 3 is 1.77 bits per heavy atom. The van der Waals surface area contributed by atoms with Crippen LogP contribution in [0.15, 0.2) is 89.7 Å². The fourth-order valence-electron chi connectivity index (χ4n) is 3.65. The third kappa shape index (κ3) is 13.5. The van der Waals surface area contributed by atoms with Crippen molar-refractivity contribution in [3.8, 4) is 0 Å². The lowest BCUT2D eigenvalue weighted by Gasteiger charge is -2.12. The van der Waals surface area contributed by atoms with Crippen molar-refractivity contribution in [1.29, 1.82) is 0 Å². The molecule has 0 radical (unpaired) electrons. The summed E-state index contributed by atoms with van der Waals surface area (Å²) < 4.78 is 80.3. The number of nitrogen functional groups attached to an aromatic ring is 1. The van der Waals surface area contributed by atoms with Crippen molar-refractivity contribution >= 4 is 21.6 Å². The highest BCUT2D eigenvalue weighted by Crippen LogP contribution is 2.31. The van der Waals surface area contributed by atoms with E-state index >= 15 is 0 Å². The molecule has 1 unspecified atom stereocenters. The maximum atomic E-state index is 12.7. The number of aromatic nitrogens is 2. The van der Waals surface area contributed by atoms with Gasteiger partial charge in [-0.1, -0.05) is 51.6 Å². The molecule has 0 saturated carbocycles. The van der Waals surface area contributed by atoms with E-state index in [0.29, 0.717) is 24.5 Å². The topological polar surface area (TPSA) is 61.0 Å². The molecule has 2 aromatic carbocycles. The number of benzene rings is 2. The molecular formula is C33H38BrF6N3O. The monoisotopic (exact) mass is 685 g/mol. The van der Waals surface area contributed by atoms with Gasteiger partial charge in [0.05, 0.1) is 22.9 Å². The first kappa shape index (κ1) is 38.6. The number of halogens is 7. The molecular weight excluding hydrogens is 648 g/mol. The van der Waals surface area contributed by atoms with Gasteiger partial charge in [-0.15, -0.1) is 0 Å². The number of hydrogen-bond donors (Lipinski definition) is 1. The number of alkyl halides is 6. The molecule has 0 saturated heterocycles. The summed E-state index contributed by atoms with van der Waals surface area (Å²) in [5.41, 5.74) is 7.38. The molecule has 2 N–H and O–H groups in total. The highest BCUT2D eigenvalue weighted by Gasteiger charge is 2.31. The first-order valence-corrected chi connectivity index (χ1v) is 14.2. The summed E-state index contributed by atoms with van der Waals surface area (Å²) in [6.45, 7) is 8.71. The molecule has 0 spiro atoms. The number of pyridine rings is 2. The number of ether oxygens (including phenoxy) is 1. The predicted molar refractivity (Wildman–Crippen MR) is 167 cm³/mol. The molecule has 0 aliphatic carbocycles. The van der Waals surface area contributed by atoms with Gasteiger partial charge in [-0.2, -0.15) is 26.3 Å². The number of nitrogens with zero attached hydrogens (tertiary/aromatic N) is 2. The standard InChI is InChI=1S/C17H18F3NO.C8H10BrN.C7H6F3N.CH4/c1-3-22-12(2)16-8-7-14(11-21-16)9-13-5-4-6-15(10-13)17(18,19)20;1-6(2)8-4-3-7(9)5-10-8;8-7(9,10)5-2-1-3-6(11)4-5;/h4-8,10-12H,3,9H2,1-2H3;3-6H,1-2H3;1-4H,11H2;1H4. The van der Waals surface area contributed by atoms with Gasteiger partial charge in [0.25, 0.3) is 0 Å². The van der Waals surface area contributed by atoms with E-state index in [0.717, 1.165) is 39.6 Å². The van der Waals surface area contributed by atoms with Crippen LogP contribution < -0.4 is 5.73 Å². The first-order valence-electron chi connectivity index (χ1n) is 13.4. The number of hydrogen-bond acceptors (Lipinski definition) is 4. The van der Waals surface area contributed by atoms with Gasteiger partial charge in [-0.3, -0.25) is 9.97 Å². The summed E-state index contributed by atoms with van der Waals surface area (Å²) in [6.07, 6.45) is -4.77. The van der Waals surface area contributed by atoms with Gasteiger partial charge >= 0.3 is 12.4 Å². The van der Waals surface area contributed by atoms with E-state index in [4.69, 9.17) is 10.5 Å². The van der Waals surface area contributed by atoms with Crippen LogP contribution in [-0.4, -0.2) is 16.6 Å². The molecule has 2 aromatic heterocycles. The second-order valence-corrected chi connectivity index (χ2v) is 10.7. The lowest BCUT2D eigenvalue weighted by Crippen LogP contribution is -2.05. The Morgan fingerprint density at radius 1 is 0.750 bits per heavy atom. The Kier molecular flexibility index (Phi) is 15.6. The Bertz CT molecular complexity index is 1390. The molecule has 2 heterocycles. The van der Waals surface area contributed by atoms with Gasteiger partial charge in [-0.25, -0.2) is 0 Å². The van der Waals surface area contributed by atoms with E-state index < -0.39 is 23.5 Å². The van der Waals surface area contributed by atoms with Crippen molar-refractivity contribution in [2.75, 3.05) is 12.3 Å². The van der Waals surface area contributed by atoms with Gasteiger partial charge in [-0.05, 0) is 95.7 Å². The fraction of sp³-hybridized carbons (Fsp3) is 0.333. The van der Waals surface area contributed by atoms with Crippen LogP contribution in [0.3, 0.4) is 0 Å². The molecule has 0 aliphatic heterocycles. The lowest BCUT2D eigenvalue weighted by atomic mass is 10.0. The molecule has 0 bridgehead atoms. The molecule has 0 aliphatic rings. The van der Waals surface area contributed by atoms with Gasteiger partial charge in [0.2, 0.25) is 0 Å². The van der Waals surface area contributed by atoms with Crippen LogP contribution in [0.5, 0.6) is 0 Å². The number of rotatable bonds is 6. The van der Waals surface area contributed by atoms with Crippen molar-refractivity contribution in [2.45, 2.75) is 65.9 Å². The van der Waals surface area contributed by atoms with E-state index in [1.54, 1.807) is 12.3 Å². The molecule has 0 amide bonds. The Hall–Kier alpha value is -3.44. The van der Waals surface area contributed by atoms with E-state index in [1.165, 1.54) is 24.3 Å². The maximum absolute atomic E-state index is 12.7. The summed E-state index contributed by atoms with van der Waals surface area (Å²) >= 11 is 3.33. The molecule has 11 heteroatoms. The van der Waals surface area contributed by atoms with Crippen LogP contribution in [0.1, 0.15) is 80.8 Å². The molecule has 44 heavy (non-hydrogen) atoms. The highest BCUT2D eigenvalue weighted by molar-refractivity contribution is 9.10. The van der Waals surface area contributed by atoms with Crippen molar-refractivity contribution in [3.63, 3.8) is 0 Å². The lowest BCUT2D eigenvalue weighted by molar-refractivity contribution is -0.138. The van der Waals surface area contributed by atoms with Crippen molar-refractivity contribution in [2.24, 2.45) is 0 Å². The summed E-state index contributed by atoms with van der Waals surface area (Å²) in [5.74, 6) is 0.521. The maximum Gasteiger partial charge on any atom is 0.416 e. The third-order valence-electron chi connectivity index (χ3n) is 5.90. The second-order valence-electron chi connectivity index (χ2n) is 9.74. The summed E-state index contributed by atoms with van der Waals surface area (Å²) in [5, 5.41) is 0. The van der Waals surface area contributed by atoms with E-state index in [1.807, 2.05) is 44.3 Å². The molecule has 0 fully saturated rings. The first-order chi connectivity index (χ1) is 20.1. The molecule has 1 atom stereocenters. The second kappa shape index (κ2) is 17.8. The quantitative estimate of drug-likeness (QED) is 0.162. The Morgan fingerprint density at radius 2 is 1.32 bits per heavy atom. The number of nitrogens with two attached hydrogens (primary N) is 1. The largest absolute Gasteiger partial charge is 0.416 e. The van der Waals surface area contributed by atoms with Crippen LogP contribution in [0.2, 0.25) is 0 Å². The third-order valence-corrected chi connectivity index (χ3v) is 6.37. The summed E-state index contributed by atoms with van der Waals surface area (Å²) in [4.78, 5) is 8.55. The van der Waals surface area contributed by atoms with Gasteiger partial charge in [0, 0.05) is 34.9 Å². The van der Waals surface area contributed by atoms with Crippen LogP contribution in [-0.2, 0) is 23.5 Å². The zero-order valence-corrected chi connectivity index (χ0v) is 25.8. The van der Waals surface area contributed by atoms with Crippen LogP contribution in [0.25, 0.3) is 0 Å². The minimum absolute atomic E-state index is 0. The Labute approximate surface area is 263 Å². The zero-order chi connectivity index (χ0) is 32.2. The molecule has 4 aromatic rings. The SMILES string of the molecule is C.CC(C)c1ccc(Br)cn1.CCOC(C)c1ccc(Cc2cccc(C(F)(F)F)c2)cn1.Nc1cccc(C(F)(F)F)c1. The van der Waals surface area contributed by atoms with Gasteiger partial charge in [0.15, 0.2) is 0 Å². The smallest absolute Gasteiger partial charge is 0.399 e. The minimum atomic E-state index is -4.31. The fourth-order valence-corrected chi connectivity index (χ4v) is 3.89. The van der Waals surface area contributed by atoms with Crippen LogP contribution >= 0.6 is 15.9 Å². The van der Waals surface area contributed by atoms with E-state index in [-0.39, 0.29) is 19.2 Å². The molecule has 4 nitrogen and oxygen atoms in total. The molecule has 240 valence electrons. The minimum Gasteiger partial charge on any atom is -0.399 e. The van der Waals surface area contributed by atoms with Crippen molar-refractivity contribution in [3.05, 3.63) is 123 Å². The average molecular weight is 687 g/mol. The average Bonchev–Trinajstić information content (AvgIpc) is 2.94. The zero-order valence-electron chi connectivity index (χ0n) is 24.2. The Balaban J connectivity index is 0.000000368.